The zero-order valence-corrected chi connectivity index (χ0v) is 14.8. The summed E-state index contributed by atoms with van der Waals surface area (Å²) in [6.07, 6.45) is 0.316. The average molecular weight is 333 g/mol. The van der Waals surface area contributed by atoms with Crippen molar-refractivity contribution in [2.45, 2.75) is 19.4 Å². The first-order valence-electron chi connectivity index (χ1n) is 7.48. The molecule has 1 aromatic heterocycles. The number of likely N-dealkylation sites (N-methyl/N-ethyl adjacent to an activating group) is 1. The van der Waals surface area contributed by atoms with Crippen LogP contribution in [-0.4, -0.2) is 43.5 Å². The Morgan fingerprint density at radius 1 is 1.39 bits per heavy atom. The number of thiazole rings is 1. The van der Waals surface area contributed by atoms with E-state index in [2.05, 4.69) is 15.2 Å². The number of benzene rings is 1. The van der Waals surface area contributed by atoms with Crippen molar-refractivity contribution in [3.63, 3.8) is 0 Å². The lowest BCUT2D eigenvalue weighted by atomic mass is 10.0. The molecule has 2 rings (SSSR count). The number of aryl methyl sites for hydroxylation is 1. The molecule has 124 valence electrons. The minimum Gasteiger partial charge on any atom is -0.496 e. The van der Waals surface area contributed by atoms with Crippen LogP contribution >= 0.6 is 11.3 Å². The van der Waals surface area contributed by atoms with Crippen LogP contribution in [0.1, 0.15) is 22.3 Å². The van der Waals surface area contributed by atoms with Gasteiger partial charge in [0.2, 0.25) is 5.91 Å². The Bertz CT molecular complexity index is 655. The van der Waals surface area contributed by atoms with Gasteiger partial charge in [0.15, 0.2) is 0 Å². The van der Waals surface area contributed by atoms with Gasteiger partial charge in [-0.1, -0.05) is 18.2 Å². The Morgan fingerprint density at radius 2 is 2.13 bits per heavy atom. The molecule has 0 aliphatic rings. The largest absolute Gasteiger partial charge is 0.496 e. The van der Waals surface area contributed by atoms with Gasteiger partial charge in [-0.15, -0.1) is 11.3 Å². The number of para-hydroxylation sites is 1. The number of aromatic nitrogens is 1. The maximum absolute atomic E-state index is 12.1. The number of rotatable bonds is 7. The Morgan fingerprint density at radius 3 is 2.74 bits per heavy atom. The summed E-state index contributed by atoms with van der Waals surface area (Å²) in [7, 11) is 5.65. The highest BCUT2D eigenvalue weighted by Gasteiger charge is 2.19. The quantitative estimate of drug-likeness (QED) is 0.845. The number of carbonyl (C=O) groups is 1. The standard InChI is InChI=1S/C17H23N3O2S/c1-12-19-13(11-23-12)9-17(21)18-10-15(20(2)3)14-7-5-6-8-16(14)22-4/h5-8,11,15H,9-10H2,1-4H3,(H,18,21). The molecule has 1 N–H and O–H groups in total. The van der Waals surface area contributed by atoms with Crippen LogP contribution in [0.4, 0.5) is 0 Å². The molecule has 1 unspecified atom stereocenters. The lowest BCUT2D eigenvalue weighted by Crippen LogP contribution is -2.35. The fourth-order valence-electron chi connectivity index (χ4n) is 2.44. The zero-order valence-electron chi connectivity index (χ0n) is 14.0. The monoisotopic (exact) mass is 333 g/mol. The normalized spacial score (nSPS) is 12.2. The third-order valence-corrected chi connectivity index (χ3v) is 4.44. The molecular formula is C17H23N3O2S. The van der Waals surface area contributed by atoms with Crippen molar-refractivity contribution in [1.82, 2.24) is 15.2 Å². The number of ether oxygens (including phenoxy) is 1. The Hall–Kier alpha value is -1.92. The number of amides is 1. The maximum Gasteiger partial charge on any atom is 0.226 e. The van der Waals surface area contributed by atoms with E-state index in [1.54, 1.807) is 18.4 Å². The van der Waals surface area contributed by atoms with E-state index >= 15 is 0 Å². The van der Waals surface area contributed by atoms with E-state index in [-0.39, 0.29) is 11.9 Å². The van der Waals surface area contributed by atoms with Crippen molar-refractivity contribution in [2.24, 2.45) is 0 Å². The van der Waals surface area contributed by atoms with Crippen LogP contribution in [0.15, 0.2) is 29.6 Å². The summed E-state index contributed by atoms with van der Waals surface area (Å²) < 4.78 is 5.43. The van der Waals surface area contributed by atoms with E-state index < -0.39 is 0 Å². The summed E-state index contributed by atoms with van der Waals surface area (Å²) in [6.45, 7) is 2.46. The number of hydrogen-bond donors (Lipinski definition) is 1. The second-order valence-corrected chi connectivity index (χ2v) is 6.62. The molecular weight excluding hydrogens is 310 g/mol. The van der Waals surface area contributed by atoms with Crippen molar-refractivity contribution in [3.05, 3.63) is 45.9 Å². The highest BCUT2D eigenvalue weighted by Crippen LogP contribution is 2.27. The summed E-state index contributed by atoms with van der Waals surface area (Å²) >= 11 is 1.56. The van der Waals surface area contributed by atoms with Crippen LogP contribution in [0.5, 0.6) is 5.75 Å². The first-order valence-corrected chi connectivity index (χ1v) is 8.36. The Balaban J connectivity index is 2.01. The summed E-state index contributed by atoms with van der Waals surface area (Å²) in [5.41, 5.74) is 1.88. The number of nitrogens with one attached hydrogen (secondary N) is 1. The predicted octanol–water partition coefficient (Wildman–Crippen LogP) is 2.42. The number of nitrogens with zero attached hydrogens (tertiary/aromatic N) is 2. The van der Waals surface area contributed by atoms with Gasteiger partial charge in [-0.05, 0) is 27.1 Å². The molecule has 1 atom stereocenters. The lowest BCUT2D eigenvalue weighted by molar-refractivity contribution is -0.120. The van der Waals surface area contributed by atoms with E-state index in [4.69, 9.17) is 4.74 Å². The highest BCUT2D eigenvalue weighted by atomic mass is 32.1. The molecule has 1 heterocycles. The van der Waals surface area contributed by atoms with E-state index in [0.717, 1.165) is 22.0 Å². The summed E-state index contributed by atoms with van der Waals surface area (Å²) in [5, 5.41) is 5.91. The Labute approximate surface area is 141 Å². The van der Waals surface area contributed by atoms with E-state index in [1.807, 2.05) is 50.7 Å². The third-order valence-electron chi connectivity index (χ3n) is 3.62. The molecule has 0 aliphatic carbocycles. The van der Waals surface area contributed by atoms with Crippen molar-refractivity contribution in [3.8, 4) is 5.75 Å². The molecule has 1 aromatic carbocycles. The van der Waals surface area contributed by atoms with Gasteiger partial charge in [0.25, 0.3) is 0 Å². The van der Waals surface area contributed by atoms with Crippen LogP contribution in [0.2, 0.25) is 0 Å². The van der Waals surface area contributed by atoms with Gasteiger partial charge in [-0.3, -0.25) is 4.79 Å². The second-order valence-electron chi connectivity index (χ2n) is 5.56. The fourth-order valence-corrected chi connectivity index (χ4v) is 3.05. The van der Waals surface area contributed by atoms with Crippen molar-refractivity contribution in [1.29, 1.82) is 0 Å². The second kappa shape index (κ2) is 8.08. The molecule has 1 amide bonds. The molecule has 0 saturated carbocycles. The van der Waals surface area contributed by atoms with Gasteiger partial charge in [0.05, 0.1) is 30.3 Å². The van der Waals surface area contributed by atoms with Gasteiger partial charge >= 0.3 is 0 Å². The third kappa shape index (κ3) is 4.77. The fraction of sp³-hybridized carbons (Fsp3) is 0.412. The predicted molar refractivity (Wildman–Crippen MR) is 93.0 cm³/mol. The average Bonchev–Trinajstić information content (AvgIpc) is 2.92. The Kier molecular flexibility index (Phi) is 6.12. The first-order chi connectivity index (χ1) is 11.0. The van der Waals surface area contributed by atoms with Crippen LogP contribution in [0, 0.1) is 6.92 Å². The summed E-state index contributed by atoms with van der Waals surface area (Å²) in [6, 6.07) is 7.93. The molecule has 0 fully saturated rings. The van der Waals surface area contributed by atoms with Gasteiger partial charge < -0.3 is 15.0 Å². The number of methoxy groups -OCH3 is 1. The highest BCUT2D eigenvalue weighted by molar-refractivity contribution is 7.09. The first kappa shape index (κ1) is 17.4. The van der Waals surface area contributed by atoms with Crippen LogP contribution < -0.4 is 10.1 Å². The molecule has 0 spiro atoms. The molecule has 0 aliphatic heterocycles. The van der Waals surface area contributed by atoms with Crippen LogP contribution in [0.25, 0.3) is 0 Å². The van der Waals surface area contributed by atoms with Gasteiger partial charge in [0.1, 0.15) is 5.75 Å². The topological polar surface area (TPSA) is 54.5 Å². The minimum atomic E-state index is -0.0166. The zero-order chi connectivity index (χ0) is 16.8. The molecule has 0 saturated heterocycles. The van der Waals surface area contributed by atoms with E-state index in [9.17, 15) is 4.79 Å². The number of hydrogen-bond acceptors (Lipinski definition) is 5. The van der Waals surface area contributed by atoms with E-state index in [0.29, 0.717) is 13.0 Å². The van der Waals surface area contributed by atoms with Crippen LogP contribution in [0.3, 0.4) is 0 Å². The lowest BCUT2D eigenvalue weighted by Gasteiger charge is -2.26. The van der Waals surface area contributed by atoms with Crippen LogP contribution in [-0.2, 0) is 11.2 Å². The smallest absolute Gasteiger partial charge is 0.226 e. The molecule has 23 heavy (non-hydrogen) atoms. The molecule has 5 nitrogen and oxygen atoms in total. The van der Waals surface area contributed by atoms with Gasteiger partial charge in [-0.2, -0.15) is 0 Å². The molecule has 6 heteroatoms. The maximum atomic E-state index is 12.1. The minimum absolute atomic E-state index is 0.0166. The van der Waals surface area contributed by atoms with Crippen molar-refractivity contribution in [2.75, 3.05) is 27.7 Å². The molecule has 2 aromatic rings. The molecule has 0 radical (unpaired) electrons. The number of carbonyl (C=O) groups excluding carboxylic acids is 1. The van der Waals surface area contributed by atoms with E-state index in [1.165, 1.54) is 0 Å². The van der Waals surface area contributed by atoms with Crippen molar-refractivity contribution >= 4 is 17.2 Å². The van der Waals surface area contributed by atoms with Gasteiger partial charge in [0, 0.05) is 17.5 Å². The van der Waals surface area contributed by atoms with Crippen molar-refractivity contribution < 1.29 is 9.53 Å². The molecule has 0 bridgehead atoms. The summed E-state index contributed by atoms with van der Waals surface area (Å²) in [4.78, 5) is 18.5. The van der Waals surface area contributed by atoms with Gasteiger partial charge in [-0.25, -0.2) is 4.98 Å². The summed E-state index contributed by atoms with van der Waals surface area (Å²) in [5.74, 6) is 0.813. The SMILES string of the molecule is COc1ccccc1C(CNC(=O)Cc1csc(C)n1)N(C)C.